The number of hydrogen-bond acceptors (Lipinski definition) is 4. The van der Waals surface area contributed by atoms with Crippen LogP contribution in [0.4, 0.5) is 0 Å². The van der Waals surface area contributed by atoms with Crippen LogP contribution in [0.1, 0.15) is 31.5 Å². The van der Waals surface area contributed by atoms with E-state index in [-0.39, 0.29) is 0 Å². The lowest BCUT2D eigenvalue weighted by Gasteiger charge is -2.08. The molecule has 86 valence electrons. The second kappa shape index (κ2) is 6.00. The minimum absolute atomic E-state index is 0.649. The number of nitrogens with zero attached hydrogens (tertiary/aromatic N) is 3. The summed E-state index contributed by atoms with van der Waals surface area (Å²) in [4.78, 5) is 12.7. The topological polar surface area (TPSA) is 63.6 Å². The molecule has 4 nitrogen and oxygen atoms in total. The summed E-state index contributed by atoms with van der Waals surface area (Å²) in [5.41, 5.74) is 7.56. The summed E-state index contributed by atoms with van der Waals surface area (Å²) in [6.07, 6.45) is 2.53. The van der Waals surface area contributed by atoms with Crippen molar-refractivity contribution in [3.05, 3.63) is 29.6 Å². The van der Waals surface area contributed by atoms with Gasteiger partial charge in [0.05, 0.1) is 0 Å². The molecule has 0 fully saturated rings. The lowest BCUT2D eigenvalue weighted by atomic mass is 10.2. The van der Waals surface area contributed by atoms with Crippen LogP contribution in [0.2, 0.25) is 0 Å². The van der Waals surface area contributed by atoms with E-state index in [4.69, 9.17) is 5.73 Å². The summed E-state index contributed by atoms with van der Waals surface area (Å²) in [7, 11) is 0. The van der Waals surface area contributed by atoms with E-state index in [9.17, 15) is 0 Å². The van der Waals surface area contributed by atoms with Gasteiger partial charge < -0.3 is 5.73 Å². The van der Waals surface area contributed by atoms with Gasteiger partial charge in [-0.05, 0) is 19.1 Å². The van der Waals surface area contributed by atoms with Crippen molar-refractivity contribution in [2.24, 2.45) is 15.7 Å². The Hall–Kier alpha value is -1.71. The van der Waals surface area contributed by atoms with Gasteiger partial charge in [-0.15, -0.1) is 0 Å². The van der Waals surface area contributed by atoms with Crippen molar-refractivity contribution < 1.29 is 0 Å². The second-order valence-corrected chi connectivity index (χ2v) is 3.25. The molecule has 1 aliphatic heterocycles. The summed E-state index contributed by atoms with van der Waals surface area (Å²) in [5.74, 6) is 1.34. The zero-order valence-electron chi connectivity index (χ0n) is 10.1. The number of aliphatic imine (C=N–C) groups is 2. The van der Waals surface area contributed by atoms with E-state index >= 15 is 0 Å². The van der Waals surface area contributed by atoms with Crippen molar-refractivity contribution in [3.8, 4) is 0 Å². The van der Waals surface area contributed by atoms with Gasteiger partial charge in [0, 0.05) is 30.4 Å². The molecule has 4 heteroatoms. The van der Waals surface area contributed by atoms with Crippen molar-refractivity contribution in [3.63, 3.8) is 0 Å². The number of pyridine rings is 1. The molecule has 0 atom stereocenters. The van der Waals surface area contributed by atoms with Crippen LogP contribution in [0.5, 0.6) is 0 Å². The first-order chi connectivity index (χ1) is 7.75. The fourth-order valence-electron chi connectivity index (χ4n) is 1.26. The maximum absolute atomic E-state index is 5.64. The van der Waals surface area contributed by atoms with Crippen LogP contribution in [0.15, 0.2) is 28.3 Å². The largest absolute Gasteiger partial charge is 0.387 e. The minimum Gasteiger partial charge on any atom is -0.387 e. The van der Waals surface area contributed by atoms with Gasteiger partial charge in [0.1, 0.15) is 5.84 Å². The molecular formula is C12H18N4. The van der Waals surface area contributed by atoms with Gasteiger partial charge in [-0.3, -0.25) is 9.98 Å². The van der Waals surface area contributed by atoms with Gasteiger partial charge in [-0.2, -0.15) is 0 Å². The zero-order valence-corrected chi connectivity index (χ0v) is 10.1. The molecule has 2 heterocycles. The Labute approximate surface area is 96.3 Å². The molecule has 0 aromatic carbocycles. The Morgan fingerprint density at radius 1 is 1.25 bits per heavy atom. The molecule has 0 unspecified atom stereocenters. The molecule has 2 rings (SSSR count). The maximum Gasteiger partial charge on any atom is 0.158 e. The fourth-order valence-corrected chi connectivity index (χ4v) is 1.26. The van der Waals surface area contributed by atoms with E-state index in [1.165, 1.54) is 0 Å². The molecule has 16 heavy (non-hydrogen) atoms. The van der Waals surface area contributed by atoms with Gasteiger partial charge >= 0.3 is 0 Å². The standard InChI is InChI=1S/C10H12N4.C2H6/c1-7-2-3-8(6-13-7)10-12-5-4-9(11)14-10;1-2/h2-3,6H,4-5H2,1H3,(H2,11,12,14);1-2H3. The summed E-state index contributed by atoms with van der Waals surface area (Å²) < 4.78 is 0. The molecule has 1 aromatic heterocycles. The molecule has 0 saturated carbocycles. The van der Waals surface area contributed by atoms with Crippen molar-refractivity contribution >= 4 is 11.7 Å². The Morgan fingerprint density at radius 3 is 2.56 bits per heavy atom. The SMILES string of the molecule is CC.Cc1ccc(C2=NCCC(N)=N2)cn1. The van der Waals surface area contributed by atoms with Crippen LogP contribution in [0.3, 0.4) is 0 Å². The van der Waals surface area contributed by atoms with E-state index in [2.05, 4.69) is 15.0 Å². The van der Waals surface area contributed by atoms with Crippen molar-refractivity contribution in [2.45, 2.75) is 27.2 Å². The number of rotatable bonds is 1. The smallest absolute Gasteiger partial charge is 0.158 e. The highest BCUT2D eigenvalue weighted by molar-refractivity contribution is 6.07. The highest BCUT2D eigenvalue weighted by atomic mass is 15.0. The molecule has 1 aromatic rings. The third-order valence-electron chi connectivity index (χ3n) is 2.05. The zero-order chi connectivity index (χ0) is 12.0. The first kappa shape index (κ1) is 12.4. The van der Waals surface area contributed by atoms with E-state index < -0.39 is 0 Å². The van der Waals surface area contributed by atoms with Gasteiger partial charge in [0.15, 0.2) is 5.84 Å². The Bertz CT molecular complexity index is 390. The third kappa shape index (κ3) is 3.15. The molecule has 1 aliphatic rings. The summed E-state index contributed by atoms with van der Waals surface area (Å²) in [5, 5.41) is 0. The molecule has 0 saturated heterocycles. The van der Waals surface area contributed by atoms with Gasteiger partial charge in [-0.1, -0.05) is 13.8 Å². The number of aryl methyl sites for hydroxylation is 1. The fraction of sp³-hybridized carbons (Fsp3) is 0.417. The molecular weight excluding hydrogens is 200 g/mol. The average molecular weight is 218 g/mol. The predicted octanol–water partition coefficient (Wildman–Crippen LogP) is 1.92. The lowest BCUT2D eigenvalue weighted by Crippen LogP contribution is -2.20. The van der Waals surface area contributed by atoms with Gasteiger partial charge in [0.25, 0.3) is 0 Å². The molecule has 2 N–H and O–H groups in total. The number of nitrogens with two attached hydrogens (primary N) is 1. The average Bonchev–Trinajstić information content (AvgIpc) is 2.32. The third-order valence-corrected chi connectivity index (χ3v) is 2.05. The first-order valence-electron chi connectivity index (χ1n) is 5.56. The quantitative estimate of drug-likeness (QED) is 0.782. The van der Waals surface area contributed by atoms with Crippen molar-refractivity contribution in [1.82, 2.24) is 4.98 Å². The first-order valence-corrected chi connectivity index (χ1v) is 5.56. The van der Waals surface area contributed by atoms with Crippen molar-refractivity contribution in [2.75, 3.05) is 6.54 Å². The van der Waals surface area contributed by atoms with Crippen LogP contribution in [-0.4, -0.2) is 23.2 Å². The van der Waals surface area contributed by atoms with Crippen LogP contribution in [0, 0.1) is 6.92 Å². The normalized spacial score (nSPS) is 14.4. The van der Waals surface area contributed by atoms with E-state index in [0.29, 0.717) is 11.7 Å². The van der Waals surface area contributed by atoms with Gasteiger partial charge in [0.2, 0.25) is 0 Å². The Balaban J connectivity index is 0.000000606. The lowest BCUT2D eigenvalue weighted by molar-refractivity contribution is 1.00. The summed E-state index contributed by atoms with van der Waals surface area (Å²) in [6, 6.07) is 3.90. The number of aromatic nitrogens is 1. The Kier molecular flexibility index (Phi) is 4.64. The minimum atomic E-state index is 0.649. The number of amidine groups is 2. The van der Waals surface area contributed by atoms with E-state index in [1.54, 1.807) is 6.20 Å². The maximum atomic E-state index is 5.64. The highest BCUT2D eigenvalue weighted by Crippen LogP contribution is 2.06. The predicted molar refractivity (Wildman–Crippen MR) is 68.0 cm³/mol. The monoisotopic (exact) mass is 218 g/mol. The van der Waals surface area contributed by atoms with E-state index in [0.717, 1.165) is 24.2 Å². The van der Waals surface area contributed by atoms with Crippen LogP contribution in [0.25, 0.3) is 0 Å². The van der Waals surface area contributed by atoms with E-state index in [1.807, 2.05) is 32.9 Å². The van der Waals surface area contributed by atoms with Gasteiger partial charge in [-0.25, -0.2) is 4.99 Å². The second-order valence-electron chi connectivity index (χ2n) is 3.25. The molecule has 0 bridgehead atoms. The summed E-state index contributed by atoms with van der Waals surface area (Å²) in [6.45, 7) is 6.67. The number of hydrogen-bond donors (Lipinski definition) is 1. The summed E-state index contributed by atoms with van der Waals surface area (Å²) >= 11 is 0. The molecule has 0 aliphatic carbocycles. The molecule has 0 amide bonds. The molecule has 0 spiro atoms. The molecule has 0 radical (unpaired) electrons. The van der Waals surface area contributed by atoms with Crippen LogP contribution >= 0.6 is 0 Å². The highest BCUT2D eigenvalue weighted by Gasteiger charge is 2.07. The van der Waals surface area contributed by atoms with Crippen LogP contribution in [-0.2, 0) is 0 Å². The van der Waals surface area contributed by atoms with Crippen molar-refractivity contribution in [1.29, 1.82) is 0 Å². The van der Waals surface area contributed by atoms with Crippen LogP contribution < -0.4 is 5.73 Å². The Morgan fingerprint density at radius 2 is 2.00 bits per heavy atom.